The number of amides is 2. The maximum Gasteiger partial charge on any atom is 0.300 e. The maximum atomic E-state index is 11.7. The molecule has 0 saturated carbocycles. The fourth-order valence-corrected chi connectivity index (χ4v) is 2.34. The van der Waals surface area contributed by atoms with Crippen molar-refractivity contribution in [3.8, 4) is 0 Å². The number of carbonyl (C=O) groups is 2. The van der Waals surface area contributed by atoms with E-state index in [9.17, 15) is 9.59 Å². The number of hydrogen-bond donors (Lipinski definition) is 3. The van der Waals surface area contributed by atoms with E-state index in [2.05, 4.69) is 5.32 Å². The zero-order valence-corrected chi connectivity index (χ0v) is 10.8. The van der Waals surface area contributed by atoms with Gasteiger partial charge in [0.25, 0.3) is 0 Å². The van der Waals surface area contributed by atoms with Gasteiger partial charge in [-0.25, -0.2) is 5.84 Å². The predicted molar refractivity (Wildman–Crippen MR) is 67.9 cm³/mol. The van der Waals surface area contributed by atoms with E-state index in [0.717, 1.165) is 19.4 Å². The van der Waals surface area contributed by atoms with E-state index >= 15 is 0 Å². The van der Waals surface area contributed by atoms with E-state index in [4.69, 9.17) is 10.3 Å². The second-order valence-electron chi connectivity index (χ2n) is 4.48. The van der Waals surface area contributed by atoms with Crippen molar-refractivity contribution < 1.29 is 14.0 Å². The maximum absolute atomic E-state index is 11.7. The summed E-state index contributed by atoms with van der Waals surface area (Å²) in [6.45, 7) is 1.35. The highest BCUT2D eigenvalue weighted by Gasteiger charge is 2.30. The molecular weight excluding hydrogens is 248 g/mol. The molecule has 1 aromatic heterocycles. The Labute approximate surface area is 111 Å². The number of nitrogens with zero attached hydrogens (tertiary/aromatic N) is 1. The number of carbonyl (C=O) groups excluding carboxylic acids is 2. The normalized spacial score (nSPS) is 19.4. The van der Waals surface area contributed by atoms with Gasteiger partial charge in [0.15, 0.2) is 5.76 Å². The first-order chi connectivity index (χ1) is 9.15. The number of hydrazine groups is 1. The van der Waals surface area contributed by atoms with Crippen LogP contribution in [-0.4, -0.2) is 36.3 Å². The van der Waals surface area contributed by atoms with E-state index < -0.39 is 5.91 Å². The van der Waals surface area contributed by atoms with Crippen LogP contribution in [0.2, 0.25) is 0 Å². The SMILES string of the molecule is CNC(=O)C1CCCN1Cc1ccc(C(=O)NN)o1. The molecule has 0 spiro atoms. The number of nitrogen functional groups attached to an aromatic ring is 1. The molecule has 1 aliphatic heterocycles. The zero-order chi connectivity index (χ0) is 13.8. The van der Waals surface area contributed by atoms with Gasteiger partial charge in [-0.15, -0.1) is 0 Å². The highest BCUT2D eigenvalue weighted by atomic mass is 16.4. The molecule has 0 radical (unpaired) electrons. The van der Waals surface area contributed by atoms with E-state index in [0.29, 0.717) is 12.3 Å². The third-order valence-electron chi connectivity index (χ3n) is 3.29. The Morgan fingerprint density at radius 3 is 3.00 bits per heavy atom. The number of nitrogens with two attached hydrogens (primary N) is 1. The van der Waals surface area contributed by atoms with Crippen LogP contribution in [0.25, 0.3) is 0 Å². The lowest BCUT2D eigenvalue weighted by Crippen LogP contribution is -2.41. The Morgan fingerprint density at radius 1 is 1.53 bits per heavy atom. The van der Waals surface area contributed by atoms with Crippen LogP contribution in [0.1, 0.15) is 29.2 Å². The zero-order valence-electron chi connectivity index (χ0n) is 10.8. The van der Waals surface area contributed by atoms with Gasteiger partial charge in [0, 0.05) is 7.05 Å². The Morgan fingerprint density at radius 2 is 2.32 bits per heavy atom. The molecule has 1 aromatic rings. The summed E-state index contributed by atoms with van der Waals surface area (Å²) >= 11 is 0. The molecule has 104 valence electrons. The summed E-state index contributed by atoms with van der Waals surface area (Å²) < 4.78 is 5.39. The summed E-state index contributed by atoms with van der Waals surface area (Å²) in [5.41, 5.74) is 2.01. The molecule has 4 N–H and O–H groups in total. The molecule has 19 heavy (non-hydrogen) atoms. The summed E-state index contributed by atoms with van der Waals surface area (Å²) in [7, 11) is 1.63. The average Bonchev–Trinajstić information content (AvgIpc) is 3.06. The van der Waals surface area contributed by atoms with Crippen LogP contribution >= 0.6 is 0 Å². The van der Waals surface area contributed by atoms with Crippen LogP contribution in [0.5, 0.6) is 0 Å². The smallest absolute Gasteiger partial charge is 0.300 e. The summed E-state index contributed by atoms with van der Waals surface area (Å²) in [4.78, 5) is 25.0. The van der Waals surface area contributed by atoms with E-state index in [-0.39, 0.29) is 17.7 Å². The molecule has 1 aliphatic rings. The minimum atomic E-state index is -0.462. The van der Waals surface area contributed by atoms with Crippen molar-refractivity contribution in [1.82, 2.24) is 15.6 Å². The van der Waals surface area contributed by atoms with Gasteiger partial charge in [0.2, 0.25) is 5.91 Å². The predicted octanol–water partition coefficient (Wildman–Crippen LogP) is -0.406. The largest absolute Gasteiger partial charge is 0.455 e. The molecule has 0 aromatic carbocycles. The summed E-state index contributed by atoms with van der Waals surface area (Å²) in [6, 6.07) is 3.17. The first kappa shape index (κ1) is 13.6. The van der Waals surface area contributed by atoms with Gasteiger partial charge in [0.05, 0.1) is 12.6 Å². The summed E-state index contributed by atoms with van der Waals surface area (Å²) in [6.07, 6.45) is 1.82. The fourth-order valence-electron chi connectivity index (χ4n) is 2.34. The third-order valence-corrected chi connectivity index (χ3v) is 3.29. The lowest BCUT2D eigenvalue weighted by Gasteiger charge is -2.21. The molecule has 2 rings (SSSR count). The Kier molecular flexibility index (Phi) is 4.18. The molecule has 1 fully saturated rings. The number of rotatable bonds is 4. The van der Waals surface area contributed by atoms with Crippen LogP contribution in [-0.2, 0) is 11.3 Å². The minimum absolute atomic E-state index is 0.0176. The average molecular weight is 266 g/mol. The Hall–Kier alpha value is -1.86. The Bertz CT molecular complexity index is 471. The van der Waals surface area contributed by atoms with Crippen LogP contribution in [0.3, 0.4) is 0 Å². The van der Waals surface area contributed by atoms with Crippen molar-refractivity contribution in [2.24, 2.45) is 5.84 Å². The highest BCUT2D eigenvalue weighted by Crippen LogP contribution is 2.21. The van der Waals surface area contributed by atoms with Crippen molar-refractivity contribution in [3.63, 3.8) is 0 Å². The van der Waals surface area contributed by atoms with Crippen LogP contribution in [0.15, 0.2) is 16.5 Å². The molecule has 2 amide bonds. The van der Waals surface area contributed by atoms with Crippen molar-refractivity contribution >= 4 is 11.8 Å². The lowest BCUT2D eigenvalue weighted by molar-refractivity contribution is -0.125. The molecule has 0 bridgehead atoms. The van der Waals surface area contributed by atoms with Crippen LogP contribution < -0.4 is 16.6 Å². The van der Waals surface area contributed by atoms with Crippen LogP contribution in [0, 0.1) is 0 Å². The molecule has 7 nitrogen and oxygen atoms in total. The van der Waals surface area contributed by atoms with Gasteiger partial charge in [-0.3, -0.25) is 19.9 Å². The molecule has 0 aliphatic carbocycles. The van der Waals surface area contributed by atoms with Crippen molar-refractivity contribution in [1.29, 1.82) is 0 Å². The number of likely N-dealkylation sites (tertiary alicyclic amines) is 1. The van der Waals surface area contributed by atoms with Gasteiger partial charge in [-0.05, 0) is 31.5 Å². The molecular formula is C12H18N4O3. The highest BCUT2D eigenvalue weighted by molar-refractivity contribution is 5.90. The Balaban J connectivity index is 2.02. The first-order valence-electron chi connectivity index (χ1n) is 6.21. The van der Waals surface area contributed by atoms with E-state index in [1.807, 2.05) is 10.3 Å². The second-order valence-corrected chi connectivity index (χ2v) is 4.48. The van der Waals surface area contributed by atoms with Gasteiger partial charge in [0.1, 0.15) is 5.76 Å². The fraction of sp³-hybridized carbons (Fsp3) is 0.500. The van der Waals surface area contributed by atoms with Gasteiger partial charge in [-0.2, -0.15) is 0 Å². The number of nitrogens with one attached hydrogen (secondary N) is 2. The summed E-state index contributed by atoms with van der Waals surface area (Å²) in [5, 5.41) is 2.66. The van der Waals surface area contributed by atoms with Crippen molar-refractivity contribution in [2.45, 2.75) is 25.4 Å². The summed E-state index contributed by atoms with van der Waals surface area (Å²) in [5.74, 6) is 5.41. The van der Waals surface area contributed by atoms with Gasteiger partial charge < -0.3 is 9.73 Å². The molecule has 2 heterocycles. The molecule has 1 atom stereocenters. The quantitative estimate of drug-likeness (QED) is 0.391. The first-order valence-corrected chi connectivity index (χ1v) is 6.21. The topological polar surface area (TPSA) is 101 Å². The molecule has 7 heteroatoms. The minimum Gasteiger partial charge on any atom is -0.455 e. The van der Waals surface area contributed by atoms with Crippen molar-refractivity contribution in [3.05, 3.63) is 23.7 Å². The number of likely N-dealkylation sites (N-methyl/N-ethyl adjacent to an activating group) is 1. The standard InChI is InChI=1S/C12H18N4O3/c1-14-11(17)9-3-2-6-16(9)7-8-4-5-10(19-8)12(18)15-13/h4-5,9H,2-3,6-7,13H2,1H3,(H,14,17)(H,15,18). The van der Waals surface area contributed by atoms with Gasteiger partial charge in [-0.1, -0.05) is 0 Å². The lowest BCUT2D eigenvalue weighted by atomic mass is 10.2. The van der Waals surface area contributed by atoms with E-state index in [1.54, 1.807) is 19.2 Å². The monoisotopic (exact) mass is 266 g/mol. The van der Waals surface area contributed by atoms with Gasteiger partial charge >= 0.3 is 5.91 Å². The molecule has 1 saturated heterocycles. The number of hydrogen-bond acceptors (Lipinski definition) is 5. The van der Waals surface area contributed by atoms with E-state index in [1.165, 1.54) is 0 Å². The third kappa shape index (κ3) is 2.94. The molecule has 1 unspecified atom stereocenters. The second kappa shape index (κ2) is 5.85. The van der Waals surface area contributed by atoms with Crippen LogP contribution in [0.4, 0.5) is 0 Å². The van der Waals surface area contributed by atoms with Crippen molar-refractivity contribution in [2.75, 3.05) is 13.6 Å². The number of furan rings is 1.